The number of piperidine rings is 1. The molecule has 0 aromatic heterocycles. The average Bonchev–Trinajstić information content (AvgIpc) is 2.91. The largest absolute Gasteiger partial charge is 0.372 e. The van der Waals surface area contributed by atoms with Crippen molar-refractivity contribution >= 4 is 23.2 Å². The maximum Gasteiger partial charge on any atom is 0.227 e. The Morgan fingerprint density at radius 1 is 1.14 bits per heavy atom. The number of hydrogen-bond acceptors (Lipinski definition) is 3. The number of nitrogens with zero attached hydrogens (tertiary/aromatic N) is 2. The third-order valence-electron chi connectivity index (χ3n) is 4.84. The van der Waals surface area contributed by atoms with E-state index in [4.69, 9.17) is 5.73 Å². The highest BCUT2D eigenvalue weighted by Crippen LogP contribution is 2.28. The molecule has 0 bridgehead atoms. The van der Waals surface area contributed by atoms with Crippen LogP contribution in [0.5, 0.6) is 0 Å². The number of primary amides is 1. The van der Waals surface area contributed by atoms with Gasteiger partial charge in [0, 0.05) is 37.4 Å². The lowest BCUT2D eigenvalue weighted by atomic mass is 9.99. The van der Waals surface area contributed by atoms with E-state index in [0.29, 0.717) is 6.54 Å². The van der Waals surface area contributed by atoms with Crippen molar-refractivity contribution in [2.24, 2.45) is 17.6 Å². The summed E-state index contributed by atoms with van der Waals surface area (Å²) in [5.41, 5.74) is 7.36. The molecule has 0 aliphatic carbocycles. The van der Waals surface area contributed by atoms with Gasteiger partial charge in [0.05, 0.1) is 5.92 Å². The molecular weight excluding hydrogens is 278 g/mol. The van der Waals surface area contributed by atoms with Crippen LogP contribution in [0, 0.1) is 11.8 Å². The fourth-order valence-corrected chi connectivity index (χ4v) is 3.26. The van der Waals surface area contributed by atoms with Gasteiger partial charge in [-0.15, -0.1) is 0 Å². The zero-order valence-electron chi connectivity index (χ0n) is 13.0. The van der Waals surface area contributed by atoms with E-state index in [9.17, 15) is 9.59 Å². The van der Waals surface area contributed by atoms with Crippen molar-refractivity contribution in [3.8, 4) is 0 Å². The Morgan fingerprint density at radius 3 is 2.27 bits per heavy atom. The van der Waals surface area contributed by atoms with Gasteiger partial charge in [-0.25, -0.2) is 0 Å². The molecule has 0 radical (unpaired) electrons. The highest BCUT2D eigenvalue weighted by Gasteiger charge is 2.33. The minimum absolute atomic E-state index is 0.0247. The molecule has 1 atom stereocenters. The molecule has 1 unspecified atom stereocenters. The third-order valence-corrected chi connectivity index (χ3v) is 4.84. The number of nitrogens with two attached hydrogens (primary N) is 1. The van der Waals surface area contributed by atoms with Crippen LogP contribution in [0.25, 0.3) is 0 Å². The van der Waals surface area contributed by atoms with Gasteiger partial charge in [-0.1, -0.05) is 6.92 Å². The molecule has 2 saturated heterocycles. The third kappa shape index (κ3) is 2.93. The molecular formula is C17H23N3O2. The monoisotopic (exact) mass is 301 g/mol. The number of anilines is 2. The van der Waals surface area contributed by atoms with E-state index in [1.165, 1.54) is 18.5 Å². The normalized spacial score (nSPS) is 23.1. The second-order valence-corrected chi connectivity index (χ2v) is 6.49. The minimum Gasteiger partial charge on any atom is -0.372 e. The average molecular weight is 301 g/mol. The summed E-state index contributed by atoms with van der Waals surface area (Å²) < 4.78 is 0. The fraction of sp³-hybridized carbons (Fsp3) is 0.529. The van der Waals surface area contributed by atoms with E-state index >= 15 is 0 Å². The maximum atomic E-state index is 12.0. The fourth-order valence-electron chi connectivity index (χ4n) is 3.26. The Morgan fingerprint density at radius 2 is 1.73 bits per heavy atom. The molecule has 2 aliphatic heterocycles. The van der Waals surface area contributed by atoms with Gasteiger partial charge in [0.1, 0.15) is 0 Å². The first kappa shape index (κ1) is 14.9. The molecule has 2 heterocycles. The van der Waals surface area contributed by atoms with Crippen molar-refractivity contribution < 1.29 is 9.59 Å². The first-order chi connectivity index (χ1) is 10.5. The molecule has 1 aromatic rings. The number of amides is 2. The quantitative estimate of drug-likeness (QED) is 0.925. The second-order valence-electron chi connectivity index (χ2n) is 6.49. The Labute approximate surface area is 131 Å². The van der Waals surface area contributed by atoms with Crippen LogP contribution in [0.2, 0.25) is 0 Å². The summed E-state index contributed by atoms with van der Waals surface area (Å²) in [6, 6.07) is 8.07. The summed E-state index contributed by atoms with van der Waals surface area (Å²) in [7, 11) is 0. The minimum atomic E-state index is -0.394. The standard InChI is InChI=1S/C17H23N3O2/c1-12-6-8-19(9-7-12)14-2-4-15(5-3-14)20-11-13(17(18)22)10-16(20)21/h2-5,12-13H,6-11H2,1H3,(H2,18,22). The van der Waals surface area contributed by atoms with E-state index in [0.717, 1.165) is 24.7 Å². The Balaban J connectivity index is 1.69. The van der Waals surface area contributed by atoms with Crippen molar-refractivity contribution in [3.05, 3.63) is 24.3 Å². The smallest absolute Gasteiger partial charge is 0.227 e. The van der Waals surface area contributed by atoms with Crippen LogP contribution < -0.4 is 15.5 Å². The van der Waals surface area contributed by atoms with E-state index in [-0.39, 0.29) is 18.2 Å². The maximum absolute atomic E-state index is 12.0. The highest BCUT2D eigenvalue weighted by atomic mass is 16.2. The van der Waals surface area contributed by atoms with Gasteiger partial charge in [-0.2, -0.15) is 0 Å². The van der Waals surface area contributed by atoms with Crippen molar-refractivity contribution in [2.45, 2.75) is 26.2 Å². The van der Waals surface area contributed by atoms with Crippen LogP contribution in [-0.4, -0.2) is 31.4 Å². The molecule has 5 heteroatoms. The van der Waals surface area contributed by atoms with Crippen molar-refractivity contribution in [1.29, 1.82) is 0 Å². The molecule has 0 spiro atoms. The summed E-state index contributed by atoms with van der Waals surface area (Å²) in [6.45, 7) is 4.88. The number of carbonyl (C=O) groups excluding carboxylic acids is 2. The molecule has 3 rings (SSSR count). The van der Waals surface area contributed by atoms with Crippen molar-refractivity contribution in [2.75, 3.05) is 29.4 Å². The molecule has 5 nitrogen and oxygen atoms in total. The van der Waals surface area contributed by atoms with Crippen molar-refractivity contribution in [1.82, 2.24) is 0 Å². The second kappa shape index (κ2) is 5.99. The van der Waals surface area contributed by atoms with Crippen LogP contribution in [0.3, 0.4) is 0 Å². The van der Waals surface area contributed by atoms with Gasteiger partial charge in [-0.3, -0.25) is 9.59 Å². The zero-order chi connectivity index (χ0) is 15.7. The zero-order valence-corrected chi connectivity index (χ0v) is 13.0. The first-order valence-corrected chi connectivity index (χ1v) is 7.99. The van der Waals surface area contributed by atoms with Gasteiger partial charge in [0.25, 0.3) is 0 Å². The van der Waals surface area contributed by atoms with Crippen LogP contribution in [0.4, 0.5) is 11.4 Å². The van der Waals surface area contributed by atoms with Crippen LogP contribution in [-0.2, 0) is 9.59 Å². The molecule has 2 amide bonds. The topological polar surface area (TPSA) is 66.6 Å². The molecule has 1 aromatic carbocycles. The van der Waals surface area contributed by atoms with E-state index < -0.39 is 5.91 Å². The van der Waals surface area contributed by atoms with Crippen LogP contribution in [0.15, 0.2) is 24.3 Å². The Kier molecular flexibility index (Phi) is 4.05. The lowest BCUT2D eigenvalue weighted by molar-refractivity contribution is -0.123. The van der Waals surface area contributed by atoms with Crippen molar-refractivity contribution in [3.63, 3.8) is 0 Å². The first-order valence-electron chi connectivity index (χ1n) is 7.99. The number of benzene rings is 1. The molecule has 118 valence electrons. The molecule has 22 heavy (non-hydrogen) atoms. The van der Waals surface area contributed by atoms with Gasteiger partial charge in [0.2, 0.25) is 11.8 Å². The Bertz CT molecular complexity index is 562. The SMILES string of the molecule is CC1CCN(c2ccc(N3CC(C(N)=O)CC3=O)cc2)CC1. The van der Waals surface area contributed by atoms with Crippen LogP contribution >= 0.6 is 0 Å². The van der Waals surface area contributed by atoms with Gasteiger partial charge in [0.15, 0.2) is 0 Å². The summed E-state index contributed by atoms with van der Waals surface area (Å²) in [4.78, 5) is 27.3. The molecule has 2 N–H and O–H groups in total. The molecule has 2 fully saturated rings. The number of carbonyl (C=O) groups is 2. The number of hydrogen-bond donors (Lipinski definition) is 1. The van der Waals surface area contributed by atoms with E-state index in [1.54, 1.807) is 4.90 Å². The van der Waals surface area contributed by atoms with E-state index in [1.807, 2.05) is 12.1 Å². The molecule has 2 aliphatic rings. The summed E-state index contributed by atoms with van der Waals surface area (Å²) in [6.07, 6.45) is 2.68. The number of rotatable bonds is 3. The molecule has 0 saturated carbocycles. The van der Waals surface area contributed by atoms with Gasteiger partial charge in [-0.05, 0) is 43.0 Å². The Hall–Kier alpha value is -2.04. The van der Waals surface area contributed by atoms with E-state index in [2.05, 4.69) is 24.0 Å². The summed E-state index contributed by atoms with van der Waals surface area (Å²) in [5, 5.41) is 0. The van der Waals surface area contributed by atoms with Crippen LogP contribution in [0.1, 0.15) is 26.2 Å². The predicted octanol–water partition coefficient (Wildman–Crippen LogP) is 1.76. The highest BCUT2D eigenvalue weighted by molar-refractivity contribution is 6.00. The summed E-state index contributed by atoms with van der Waals surface area (Å²) >= 11 is 0. The summed E-state index contributed by atoms with van der Waals surface area (Å²) in [5.74, 6) is 0.0255. The van der Waals surface area contributed by atoms with Gasteiger partial charge >= 0.3 is 0 Å². The predicted molar refractivity (Wildman–Crippen MR) is 86.7 cm³/mol. The lowest BCUT2D eigenvalue weighted by Crippen LogP contribution is -2.32. The van der Waals surface area contributed by atoms with Gasteiger partial charge < -0.3 is 15.5 Å². The lowest BCUT2D eigenvalue weighted by Gasteiger charge is -2.32.